The number of aromatic nitrogens is 4. The van der Waals surface area contributed by atoms with Crippen LogP contribution in [0.25, 0.3) is 16.6 Å². The Kier molecular flexibility index (Phi) is 11.1. The highest BCUT2D eigenvalue weighted by Crippen LogP contribution is 2.39. The summed E-state index contributed by atoms with van der Waals surface area (Å²) in [5.41, 5.74) is -0.842. The first-order chi connectivity index (χ1) is 18.4. The van der Waals surface area contributed by atoms with E-state index >= 15 is 0 Å². The largest absolute Gasteiger partial charge is 0.454 e. The van der Waals surface area contributed by atoms with E-state index in [1.54, 1.807) is 30.5 Å². The van der Waals surface area contributed by atoms with Crippen LogP contribution >= 0.6 is 23.2 Å². The highest BCUT2D eigenvalue weighted by atomic mass is 35.5. The standard InChI is InChI=1S/C20H11Cl2N5O4.C6H14.C2H6/c1-9(28)13-8-24-16-3-2-11(6-12(13)16)31-18-14(21)4-10(5-15(18)22)27-20(30)25-19(29)17(7-23)26-27;1-5(2)6(3)4;1-2/h2-6,8,24H,1H3,(H,25,29,30);5-6H,1-4H3;1-2H3. The van der Waals surface area contributed by atoms with E-state index in [9.17, 15) is 14.4 Å². The van der Waals surface area contributed by atoms with Gasteiger partial charge in [0.05, 0.1) is 15.7 Å². The van der Waals surface area contributed by atoms with Crippen molar-refractivity contribution < 1.29 is 9.53 Å². The summed E-state index contributed by atoms with van der Waals surface area (Å²) < 4.78 is 6.63. The molecule has 0 aliphatic carbocycles. The average Bonchev–Trinajstić information content (AvgIpc) is 3.31. The first kappa shape index (κ1) is 31.3. The van der Waals surface area contributed by atoms with Crippen molar-refractivity contribution in [3.8, 4) is 23.3 Å². The summed E-state index contributed by atoms with van der Waals surface area (Å²) in [6.07, 6.45) is 1.62. The second kappa shape index (κ2) is 13.8. The van der Waals surface area contributed by atoms with Gasteiger partial charge in [0.15, 0.2) is 11.5 Å². The molecule has 9 nitrogen and oxygen atoms in total. The third-order valence-electron chi connectivity index (χ3n) is 5.75. The molecule has 0 bridgehead atoms. The molecule has 2 N–H and O–H groups in total. The Labute approximate surface area is 236 Å². The molecule has 0 unspecified atom stereocenters. The first-order valence-corrected chi connectivity index (χ1v) is 13.1. The van der Waals surface area contributed by atoms with E-state index in [-0.39, 0.29) is 27.3 Å². The fourth-order valence-electron chi connectivity index (χ4n) is 2.99. The highest BCUT2D eigenvalue weighted by Gasteiger charge is 2.16. The van der Waals surface area contributed by atoms with Crippen molar-refractivity contribution in [3.05, 3.63) is 78.7 Å². The Balaban J connectivity index is 0.000000590. The first-order valence-electron chi connectivity index (χ1n) is 12.4. The summed E-state index contributed by atoms with van der Waals surface area (Å²) in [5.74, 6) is 2.11. The van der Waals surface area contributed by atoms with Crippen LogP contribution in [0.5, 0.6) is 11.5 Å². The molecule has 11 heteroatoms. The summed E-state index contributed by atoms with van der Waals surface area (Å²) in [6, 6.07) is 9.41. The van der Waals surface area contributed by atoms with E-state index in [0.717, 1.165) is 22.0 Å². The Morgan fingerprint density at radius 3 is 2.15 bits per heavy atom. The molecular weight excluding hydrogens is 541 g/mol. The maximum Gasteiger partial charge on any atom is 0.349 e. The molecule has 0 fully saturated rings. The van der Waals surface area contributed by atoms with Gasteiger partial charge in [-0.2, -0.15) is 9.94 Å². The van der Waals surface area contributed by atoms with Gasteiger partial charge in [-0.25, -0.2) is 4.79 Å². The zero-order chi connectivity index (χ0) is 29.4. The number of nitrogens with one attached hydrogen (secondary N) is 2. The smallest absolute Gasteiger partial charge is 0.349 e. The minimum absolute atomic E-state index is 0.0573. The van der Waals surface area contributed by atoms with Gasteiger partial charge in [0.2, 0.25) is 5.69 Å². The zero-order valence-electron chi connectivity index (χ0n) is 22.8. The summed E-state index contributed by atoms with van der Waals surface area (Å²) in [4.78, 5) is 40.4. The predicted molar refractivity (Wildman–Crippen MR) is 155 cm³/mol. The number of carbonyl (C=O) groups is 1. The Morgan fingerprint density at radius 2 is 1.64 bits per heavy atom. The number of Topliss-reactive ketones (excluding diaryl/α,β-unsaturated/α-hetero) is 1. The van der Waals surface area contributed by atoms with Crippen molar-refractivity contribution in [2.24, 2.45) is 11.8 Å². The van der Waals surface area contributed by atoms with Gasteiger partial charge in [0.1, 0.15) is 11.8 Å². The van der Waals surface area contributed by atoms with Crippen molar-refractivity contribution >= 4 is 39.9 Å². The number of fused-ring (bicyclic) bond motifs is 1. The number of carbonyl (C=O) groups excluding carboxylic acids is 1. The maximum absolute atomic E-state index is 12.1. The van der Waals surface area contributed by atoms with Crippen molar-refractivity contribution in [1.82, 2.24) is 19.7 Å². The molecule has 0 saturated heterocycles. The van der Waals surface area contributed by atoms with Crippen LogP contribution in [0, 0.1) is 23.2 Å². The second-order valence-electron chi connectivity index (χ2n) is 8.93. The van der Waals surface area contributed by atoms with Gasteiger partial charge in [0, 0.05) is 22.7 Å². The molecule has 0 atom stereocenters. The number of hydrogen-bond donors (Lipinski definition) is 2. The molecule has 0 saturated carbocycles. The second-order valence-corrected chi connectivity index (χ2v) is 9.74. The fourth-order valence-corrected chi connectivity index (χ4v) is 3.54. The molecule has 4 aromatic rings. The third-order valence-corrected chi connectivity index (χ3v) is 6.31. The molecule has 0 aliphatic rings. The molecule has 2 aromatic carbocycles. The van der Waals surface area contributed by atoms with E-state index < -0.39 is 16.9 Å². The molecular formula is C28H31Cl2N5O4. The van der Waals surface area contributed by atoms with Crippen molar-refractivity contribution in [1.29, 1.82) is 5.26 Å². The number of halogens is 2. The lowest BCUT2D eigenvalue weighted by atomic mass is 10.0. The van der Waals surface area contributed by atoms with E-state index in [1.165, 1.54) is 19.1 Å². The number of hydrogen-bond acceptors (Lipinski definition) is 6. The summed E-state index contributed by atoms with van der Waals surface area (Å²) in [5, 5.41) is 13.5. The summed E-state index contributed by atoms with van der Waals surface area (Å²) in [6.45, 7) is 14.4. The molecule has 2 heterocycles. The SMILES string of the molecule is CC.CC(=O)c1c[nH]c2ccc(Oc3c(Cl)cc(-n4nc(C#N)c(=O)[nH]c4=O)cc3Cl)cc12.CC(C)C(C)C. The van der Waals surface area contributed by atoms with E-state index in [2.05, 4.69) is 37.8 Å². The van der Waals surface area contributed by atoms with Gasteiger partial charge >= 0.3 is 5.69 Å². The number of nitrogens with zero attached hydrogens (tertiary/aromatic N) is 3. The van der Waals surface area contributed by atoms with Gasteiger partial charge in [-0.05, 0) is 49.1 Å². The maximum atomic E-state index is 12.1. The van der Waals surface area contributed by atoms with E-state index in [0.29, 0.717) is 16.7 Å². The number of H-pyrrole nitrogens is 2. The van der Waals surface area contributed by atoms with Crippen LogP contribution in [0.4, 0.5) is 0 Å². The van der Waals surface area contributed by atoms with Gasteiger partial charge in [0.25, 0.3) is 5.56 Å². The van der Waals surface area contributed by atoms with Crippen LogP contribution in [0.2, 0.25) is 10.0 Å². The topological polar surface area (TPSA) is 134 Å². The molecule has 4 rings (SSSR count). The molecule has 206 valence electrons. The van der Waals surface area contributed by atoms with Crippen LogP contribution in [0.15, 0.2) is 46.1 Å². The van der Waals surface area contributed by atoms with E-state index in [4.69, 9.17) is 33.2 Å². The van der Waals surface area contributed by atoms with Crippen LogP contribution in [0.1, 0.15) is 64.5 Å². The van der Waals surface area contributed by atoms with Crippen molar-refractivity contribution in [3.63, 3.8) is 0 Å². The van der Waals surface area contributed by atoms with Crippen LogP contribution in [0.3, 0.4) is 0 Å². The number of benzene rings is 2. The van der Waals surface area contributed by atoms with Gasteiger partial charge in [-0.1, -0.05) is 64.7 Å². The number of ether oxygens (including phenoxy) is 1. The minimum atomic E-state index is -0.897. The molecule has 2 aromatic heterocycles. The number of nitriles is 1. The Hall–Kier alpha value is -3.87. The van der Waals surface area contributed by atoms with Crippen LogP contribution in [-0.2, 0) is 0 Å². The quantitative estimate of drug-likeness (QED) is 0.250. The Bertz CT molecular complexity index is 1600. The lowest BCUT2D eigenvalue weighted by Gasteiger charge is -2.12. The number of ketones is 1. The molecule has 39 heavy (non-hydrogen) atoms. The van der Waals surface area contributed by atoms with Crippen molar-refractivity contribution in [2.75, 3.05) is 0 Å². The fraction of sp³-hybridized carbons (Fsp3) is 0.321. The van der Waals surface area contributed by atoms with Gasteiger partial charge < -0.3 is 9.72 Å². The minimum Gasteiger partial charge on any atom is -0.454 e. The summed E-state index contributed by atoms with van der Waals surface area (Å²) >= 11 is 12.6. The van der Waals surface area contributed by atoms with Crippen LogP contribution in [-0.4, -0.2) is 25.5 Å². The molecule has 0 aliphatic heterocycles. The van der Waals surface area contributed by atoms with Crippen LogP contribution < -0.4 is 16.0 Å². The lowest BCUT2D eigenvalue weighted by molar-refractivity contribution is 0.101. The number of aromatic amines is 2. The van der Waals surface area contributed by atoms with Crippen molar-refractivity contribution in [2.45, 2.75) is 48.5 Å². The lowest BCUT2D eigenvalue weighted by Crippen LogP contribution is -2.33. The average molecular weight is 572 g/mol. The predicted octanol–water partition coefficient (Wildman–Crippen LogP) is 6.90. The zero-order valence-corrected chi connectivity index (χ0v) is 24.4. The Morgan fingerprint density at radius 1 is 1.05 bits per heavy atom. The van der Waals surface area contributed by atoms with Gasteiger partial charge in [-0.15, -0.1) is 5.10 Å². The normalized spacial score (nSPS) is 10.4. The molecule has 0 amide bonds. The number of rotatable bonds is 5. The third kappa shape index (κ3) is 7.59. The highest BCUT2D eigenvalue weighted by molar-refractivity contribution is 6.37. The van der Waals surface area contributed by atoms with Gasteiger partial charge in [-0.3, -0.25) is 14.6 Å². The summed E-state index contributed by atoms with van der Waals surface area (Å²) in [7, 11) is 0. The molecule has 0 spiro atoms. The molecule has 0 radical (unpaired) electrons. The van der Waals surface area contributed by atoms with E-state index in [1.807, 2.05) is 18.8 Å². The monoisotopic (exact) mass is 571 g/mol.